The van der Waals surface area contributed by atoms with Gasteiger partial charge in [0.2, 0.25) is 0 Å². The van der Waals surface area contributed by atoms with E-state index >= 15 is 0 Å². The van der Waals surface area contributed by atoms with Crippen LogP contribution in [0, 0.1) is 0 Å². The molecule has 0 fully saturated rings. The van der Waals surface area contributed by atoms with Crippen LogP contribution in [0.5, 0.6) is 0 Å². The third kappa shape index (κ3) is 2.66. The van der Waals surface area contributed by atoms with Crippen molar-refractivity contribution < 1.29 is 4.74 Å². The van der Waals surface area contributed by atoms with E-state index in [9.17, 15) is 0 Å². The minimum Gasteiger partial charge on any atom is -0.493 e. The van der Waals surface area contributed by atoms with E-state index in [4.69, 9.17) is 4.74 Å². The maximum Gasteiger partial charge on any atom is 0.122 e. The van der Waals surface area contributed by atoms with Crippen molar-refractivity contribution in [1.82, 2.24) is 0 Å². The smallest absolute Gasteiger partial charge is 0.122 e. The largest absolute Gasteiger partial charge is 0.493 e. The summed E-state index contributed by atoms with van der Waals surface area (Å²) in [4.78, 5) is 0. The average Bonchev–Trinajstić information content (AvgIpc) is 2.52. The fraction of sp³-hybridized carbons (Fsp3) is 0.467. The van der Waals surface area contributed by atoms with Gasteiger partial charge in [-0.1, -0.05) is 37.6 Å². The van der Waals surface area contributed by atoms with Crippen LogP contribution in [0.3, 0.4) is 0 Å². The molecule has 1 aromatic rings. The van der Waals surface area contributed by atoms with Crippen LogP contribution in [-0.4, -0.2) is 6.61 Å². The number of allylic oxidation sites excluding steroid dienone is 1. The molecule has 0 N–H and O–H groups in total. The second-order valence-electron chi connectivity index (χ2n) is 4.32. The van der Waals surface area contributed by atoms with Gasteiger partial charge in [-0.15, -0.1) is 0 Å². The third-order valence-electron chi connectivity index (χ3n) is 3.02. The minimum absolute atomic E-state index is 0.844. The zero-order valence-electron chi connectivity index (χ0n) is 10.0. The molecule has 2 rings (SSSR count). The summed E-state index contributed by atoms with van der Waals surface area (Å²) in [6, 6.07) is 8.62. The lowest BCUT2D eigenvalue weighted by atomic mass is 10.0. The maximum atomic E-state index is 5.89. The average molecular weight is 216 g/mol. The summed E-state index contributed by atoms with van der Waals surface area (Å²) in [5, 5.41) is 0. The number of fused-ring (bicyclic) bond motifs is 1. The molecule has 1 nitrogen and oxygen atoms in total. The molecule has 1 aliphatic rings. The fourth-order valence-electron chi connectivity index (χ4n) is 2.08. The van der Waals surface area contributed by atoms with E-state index in [0.717, 1.165) is 25.2 Å². The van der Waals surface area contributed by atoms with Gasteiger partial charge >= 0.3 is 0 Å². The lowest BCUT2D eigenvalue weighted by Crippen LogP contribution is -1.97. The normalized spacial score (nSPS) is 14.9. The van der Waals surface area contributed by atoms with Crippen LogP contribution in [0.2, 0.25) is 0 Å². The molecule has 0 saturated heterocycles. The van der Waals surface area contributed by atoms with Gasteiger partial charge in [-0.3, -0.25) is 0 Å². The Labute approximate surface area is 98.1 Å². The van der Waals surface area contributed by atoms with Crippen molar-refractivity contribution in [3.63, 3.8) is 0 Å². The molecule has 0 unspecified atom stereocenters. The van der Waals surface area contributed by atoms with Gasteiger partial charge in [0.25, 0.3) is 0 Å². The van der Waals surface area contributed by atoms with Crippen molar-refractivity contribution in [2.75, 3.05) is 6.61 Å². The first-order chi connectivity index (χ1) is 7.92. The van der Waals surface area contributed by atoms with Gasteiger partial charge in [-0.2, -0.15) is 0 Å². The molecule has 0 radical (unpaired) electrons. The zero-order chi connectivity index (χ0) is 11.2. The van der Waals surface area contributed by atoms with Gasteiger partial charge in [0.15, 0.2) is 0 Å². The lowest BCUT2D eigenvalue weighted by molar-refractivity contribution is 0.269. The molecule has 0 aromatic heterocycles. The number of benzene rings is 1. The molecule has 0 atom stereocenters. The SMILES string of the molecule is CCCCOC1=CCCCc2ccccc21. The fourth-order valence-corrected chi connectivity index (χ4v) is 2.08. The Kier molecular flexibility index (Phi) is 4.03. The second kappa shape index (κ2) is 5.74. The van der Waals surface area contributed by atoms with Gasteiger partial charge in [-0.05, 0) is 37.3 Å². The Balaban J connectivity index is 2.14. The van der Waals surface area contributed by atoms with Crippen molar-refractivity contribution in [3.8, 4) is 0 Å². The van der Waals surface area contributed by atoms with Crippen LogP contribution in [0.1, 0.15) is 43.7 Å². The molecule has 0 spiro atoms. The third-order valence-corrected chi connectivity index (χ3v) is 3.02. The molecule has 0 aliphatic heterocycles. The Bertz CT molecular complexity index is 365. The first-order valence-electron chi connectivity index (χ1n) is 6.33. The van der Waals surface area contributed by atoms with Crippen LogP contribution < -0.4 is 0 Å². The summed E-state index contributed by atoms with van der Waals surface area (Å²) in [7, 11) is 0. The number of ether oxygens (including phenoxy) is 1. The quantitative estimate of drug-likeness (QED) is 0.686. The van der Waals surface area contributed by atoms with Gasteiger partial charge in [0.05, 0.1) is 6.61 Å². The van der Waals surface area contributed by atoms with Crippen LogP contribution >= 0.6 is 0 Å². The highest BCUT2D eigenvalue weighted by molar-refractivity contribution is 5.63. The predicted octanol–water partition coefficient (Wildman–Crippen LogP) is 4.18. The molecule has 0 bridgehead atoms. The zero-order valence-corrected chi connectivity index (χ0v) is 10.0. The lowest BCUT2D eigenvalue weighted by Gasteiger charge is -2.12. The van der Waals surface area contributed by atoms with Gasteiger partial charge in [0.1, 0.15) is 5.76 Å². The highest BCUT2D eigenvalue weighted by atomic mass is 16.5. The van der Waals surface area contributed by atoms with E-state index in [1.54, 1.807) is 0 Å². The summed E-state index contributed by atoms with van der Waals surface area (Å²) in [5.74, 6) is 1.10. The van der Waals surface area contributed by atoms with Crippen molar-refractivity contribution in [2.45, 2.75) is 39.0 Å². The van der Waals surface area contributed by atoms with Gasteiger partial charge in [-0.25, -0.2) is 0 Å². The minimum atomic E-state index is 0.844. The molecule has 1 heteroatoms. The molecule has 1 aliphatic carbocycles. The second-order valence-corrected chi connectivity index (χ2v) is 4.32. The highest BCUT2D eigenvalue weighted by Crippen LogP contribution is 2.26. The Morgan fingerprint density at radius 3 is 3.00 bits per heavy atom. The molecule has 86 valence electrons. The highest BCUT2D eigenvalue weighted by Gasteiger charge is 2.11. The van der Waals surface area contributed by atoms with E-state index in [0.29, 0.717) is 0 Å². The predicted molar refractivity (Wildman–Crippen MR) is 68.2 cm³/mol. The molecule has 16 heavy (non-hydrogen) atoms. The number of unbranched alkanes of at least 4 members (excludes halogenated alkanes) is 1. The molecular weight excluding hydrogens is 196 g/mol. The summed E-state index contributed by atoms with van der Waals surface area (Å²) in [6.45, 7) is 3.04. The summed E-state index contributed by atoms with van der Waals surface area (Å²) < 4.78 is 5.89. The number of hydrogen-bond acceptors (Lipinski definition) is 1. The van der Waals surface area contributed by atoms with Gasteiger partial charge < -0.3 is 4.74 Å². The van der Waals surface area contributed by atoms with Crippen molar-refractivity contribution in [2.24, 2.45) is 0 Å². The number of rotatable bonds is 4. The Morgan fingerprint density at radius 2 is 2.12 bits per heavy atom. The Hall–Kier alpha value is -1.24. The first kappa shape index (κ1) is 11.3. The van der Waals surface area contributed by atoms with E-state index in [1.165, 1.54) is 30.4 Å². The summed E-state index contributed by atoms with van der Waals surface area (Å²) >= 11 is 0. The first-order valence-corrected chi connectivity index (χ1v) is 6.33. The van der Waals surface area contributed by atoms with Gasteiger partial charge in [0, 0.05) is 5.56 Å². The number of hydrogen-bond donors (Lipinski definition) is 0. The molecule has 0 amide bonds. The summed E-state index contributed by atoms with van der Waals surface area (Å²) in [5.41, 5.74) is 2.74. The van der Waals surface area contributed by atoms with Crippen LogP contribution in [0.15, 0.2) is 30.3 Å². The van der Waals surface area contributed by atoms with Crippen molar-refractivity contribution in [3.05, 3.63) is 41.5 Å². The van der Waals surface area contributed by atoms with E-state index in [-0.39, 0.29) is 0 Å². The molecule has 1 aromatic carbocycles. The Morgan fingerprint density at radius 1 is 1.25 bits per heavy atom. The van der Waals surface area contributed by atoms with Crippen molar-refractivity contribution >= 4 is 5.76 Å². The van der Waals surface area contributed by atoms with Crippen molar-refractivity contribution in [1.29, 1.82) is 0 Å². The van der Waals surface area contributed by atoms with Crippen LogP contribution in [-0.2, 0) is 11.2 Å². The number of aryl methyl sites for hydroxylation is 1. The van der Waals surface area contributed by atoms with E-state index in [1.807, 2.05) is 0 Å². The molecule has 0 saturated carbocycles. The standard InChI is InChI=1S/C15H20O/c1-2-3-12-16-15-11-7-5-9-13-8-4-6-10-14(13)15/h4,6,8,10-11H,2-3,5,7,9,12H2,1H3. The monoisotopic (exact) mass is 216 g/mol. The molecule has 0 heterocycles. The topological polar surface area (TPSA) is 9.23 Å². The summed E-state index contributed by atoms with van der Waals surface area (Å²) in [6.07, 6.45) is 8.12. The van der Waals surface area contributed by atoms with E-state index in [2.05, 4.69) is 37.3 Å². The van der Waals surface area contributed by atoms with Crippen LogP contribution in [0.4, 0.5) is 0 Å². The van der Waals surface area contributed by atoms with Crippen LogP contribution in [0.25, 0.3) is 5.76 Å². The maximum absolute atomic E-state index is 5.89. The molecular formula is C15H20O. The van der Waals surface area contributed by atoms with E-state index < -0.39 is 0 Å².